The fraction of sp³-hybridized carbons (Fsp3) is 0.233. The zero-order valence-electron chi connectivity index (χ0n) is 21.9. The number of anilines is 1. The minimum absolute atomic E-state index is 0.116. The molecular formula is C30H27FN2O6S. The Balaban J connectivity index is 1.68. The number of aliphatic hydroxyl groups is 1. The number of amides is 1. The van der Waals surface area contributed by atoms with Crippen LogP contribution in [0.25, 0.3) is 16.0 Å². The second-order valence-electron chi connectivity index (χ2n) is 9.17. The number of ketones is 1. The molecule has 1 aromatic heterocycles. The van der Waals surface area contributed by atoms with Crippen molar-refractivity contribution in [1.29, 1.82) is 0 Å². The molecule has 2 N–H and O–H groups in total. The van der Waals surface area contributed by atoms with Gasteiger partial charge in [0, 0.05) is 5.56 Å². The number of hydrogen-bond donors (Lipinski definition) is 2. The first-order valence-corrected chi connectivity index (χ1v) is 13.7. The Labute approximate surface area is 233 Å². The van der Waals surface area contributed by atoms with Gasteiger partial charge in [0.25, 0.3) is 5.78 Å². The number of benzene rings is 3. The second kappa shape index (κ2) is 11.4. The summed E-state index contributed by atoms with van der Waals surface area (Å²) >= 11 is 1.05. The van der Waals surface area contributed by atoms with Crippen molar-refractivity contribution in [3.05, 3.63) is 83.2 Å². The largest absolute Gasteiger partial charge is 0.507 e. The molecular weight excluding hydrogens is 535 g/mol. The summed E-state index contributed by atoms with van der Waals surface area (Å²) in [5.41, 5.74) is 1.00. The van der Waals surface area contributed by atoms with Gasteiger partial charge in [0.05, 0.1) is 35.0 Å². The number of phenols is 1. The molecule has 1 saturated heterocycles. The van der Waals surface area contributed by atoms with Gasteiger partial charge in [0.2, 0.25) is 0 Å². The van der Waals surface area contributed by atoms with E-state index in [0.717, 1.165) is 24.2 Å². The van der Waals surface area contributed by atoms with Crippen LogP contribution in [0.2, 0.25) is 0 Å². The van der Waals surface area contributed by atoms with Gasteiger partial charge in [0.15, 0.2) is 16.6 Å². The van der Waals surface area contributed by atoms with Crippen LogP contribution in [0.1, 0.15) is 43.9 Å². The van der Waals surface area contributed by atoms with Gasteiger partial charge in [0.1, 0.15) is 17.3 Å². The lowest BCUT2D eigenvalue weighted by atomic mass is 9.95. The molecule has 0 spiro atoms. The summed E-state index contributed by atoms with van der Waals surface area (Å²) in [6, 6.07) is 14.1. The molecule has 0 saturated carbocycles. The average molecular weight is 563 g/mol. The number of phenolic OH excluding ortho intramolecular Hbond substituents is 1. The van der Waals surface area contributed by atoms with E-state index in [1.165, 1.54) is 35.2 Å². The van der Waals surface area contributed by atoms with Crippen LogP contribution < -0.4 is 14.4 Å². The van der Waals surface area contributed by atoms with Gasteiger partial charge in [-0.2, -0.15) is 0 Å². The Hall–Kier alpha value is -4.44. The van der Waals surface area contributed by atoms with Crippen LogP contribution in [-0.4, -0.2) is 40.1 Å². The smallest absolute Gasteiger partial charge is 0.301 e. The molecule has 8 nitrogen and oxygen atoms in total. The Kier molecular flexibility index (Phi) is 7.70. The van der Waals surface area contributed by atoms with Crippen LogP contribution in [0, 0.1) is 5.82 Å². The fourth-order valence-corrected chi connectivity index (χ4v) is 5.55. The lowest BCUT2D eigenvalue weighted by Gasteiger charge is -2.23. The molecule has 4 aromatic rings. The minimum atomic E-state index is -1.10. The molecule has 1 unspecified atom stereocenters. The summed E-state index contributed by atoms with van der Waals surface area (Å²) in [6.45, 7) is 4.57. The van der Waals surface area contributed by atoms with Gasteiger partial charge >= 0.3 is 5.91 Å². The number of halogens is 1. The first-order valence-electron chi connectivity index (χ1n) is 12.9. The predicted molar refractivity (Wildman–Crippen MR) is 150 cm³/mol. The lowest BCUT2D eigenvalue weighted by Crippen LogP contribution is -2.29. The van der Waals surface area contributed by atoms with Gasteiger partial charge in [-0.15, -0.1) is 0 Å². The van der Waals surface area contributed by atoms with Crippen LogP contribution in [0.4, 0.5) is 9.52 Å². The van der Waals surface area contributed by atoms with Crippen LogP contribution in [0.3, 0.4) is 0 Å². The van der Waals surface area contributed by atoms with Gasteiger partial charge < -0.3 is 19.7 Å². The Morgan fingerprint density at radius 3 is 2.67 bits per heavy atom. The number of aromatic hydroxyl groups is 1. The maximum atomic E-state index is 13.9. The SMILES string of the molecule is CCCCOc1cccc(C(O)=C2C(=O)C(=O)N(c3nc4ccc(F)cc4s3)C2c2ccc(O)c(OCC)c2)c1. The molecule has 5 rings (SSSR count). The quantitative estimate of drug-likeness (QED) is 0.106. The molecule has 0 bridgehead atoms. The molecule has 206 valence electrons. The Morgan fingerprint density at radius 2 is 1.90 bits per heavy atom. The third-order valence-corrected chi connectivity index (χ3v) is 7.48. The summed E-state index contributed by atoms with van der Waals surface area (Å²) < 4.78 is 25.7. The maximum Gasteiger partial charge on any atom is 0.301 e. The van der Waals surface area contributed by atoms with Crippen LogP contribution in [0.15, 0.2) is 66.2 Å². The third-order valence-electron chi connectivity index (χ3n) is 6.46. The zero-order valence-corrected chi connectivity index (χ0v) is 22.7. The highest BCUT2D eigenvalue weighted by Gasteiger charge is 2.48. The summed E-state index contributed by atoms with van der Waals surface area (Å²) in [4.78, 5) is 32.7. The highest BCUT2D eigenvalue weighted by molar-refractivity contribution is 7.22. The van der Waals surface area contributed by atoms with Crippen molar-refractivity contribution in [1.82, 2.24) is 4.98 Å². The number of aromatic nitrogens is 1. The highest BCUT2D eigenvalue weighted by Crippen LogP contribution is 2.46. The van der Waals surface area contributed by atoms with Crippen molar-refractivity contribution in [3.8, 4) is 17.2 Å². The number of ether oxygens (including phenoxy) is 2. The van der Waals surface area contributed by atoms with Gasteiger partial charge in [-0.3, -0.25) is 14.5 Å². The van der Waals surface area contributed by atoms with Crippen molar-refractivity contribution in [3.63, 3.8) is 0 Å². The first kappa shape index (κ1) is 27.1. The number of carbonyl (C=O) groups is 2. The minimum Gasteiger partial charge on any atom is -0.507 e. The van der Waals surface area contributed by atoms with E-state index in [-0.39, 0.29) is 34.6 Å². The number of carbonyl (C=O) groups excluding carboxylic acids is 2. The molecule has 10 heteroatoms. The number of rotatable bonds is 9. The topological polar surface area (TPSA) is 109 Å². The monoisotopic (exact) mass is 562 g/mol. The van der Waals surface area contributed by atoms with E-state index in [1.54, 1.807) is 37.3 Å². The van der Waals surface area contributed by atoms with Crippen molar-refractivity contribution >= 4 is 44.1 Å². The van der Waals surface area contributed by atoms with Crippen molar-refractivity contribution in [2.45, 2.75) is 32.7 Å². The number of unbranched alkanes of at least 4 members (excludes halogenated alkanes) is 1. The molecule has 1 aliphatic rings. The first-order chi connectivity index (χ1) is 19.3. The van der Waals surface area contributed by atoms with E-state index in [0.29, 0.717) is 33.7 Å². The number of hydrogen-bond acceptors (Lipinski definition) is 8. The number of aliphatic hydroxyl groups excluding tert-OH is 1. The number of Topliss-reactive ketones (excluding diaryl/α,β-unsaturated/α-hetero) is 1. The van der Waals surface area contributed by atoms with E-state index >= 15 is 0 Å². The summed E-state index contributed by atoms with van der Waals surface area (Å²) in [5.74, 6) is -2.09. The van der Waals surface area contributed by atoms with Crippen LogP contribution in [-0.2, 0) is 9.59 Å². The summed E-state index contributed by atoms with van der Waals surface area (Å²) in [7, 11) is 0. The molecule has 40 heavy (non-hydrogen) atoms. The Morgan fingerprint density at radius 1 is 1.07 bits per heavy atom. The zero-order chi connectivity index (χ0) is 28.4. The van der Waals surface area contributed by atoms with E-state index in [4.69, 9.17) is 9.47 Å². The Bertz CT molecular complexity index is 1630. The second-order valence-corrected chi connectivity index (χ2v) is 10.2. The summed E-state index contributed by atoms with van der Waals surface area (Å²) in [6.07, 6.45) is 1.81. The van der Waals surface area contributed by atoms with Crippen LogP contribution >= 0.6 is 11.3 Å². The van der Waals surface area contributed by atoms with Crippen molar-refractivity contribution in [2.24, 2.45) is 0 Å². The van der Waals surface area contributed by atoms with Gasteiger partial charge in [-0.25, -0.2) is 9.37 Å². The number of fused-ring (bicyclic) bond motifs is 1. The lowest BCUT2D eigenvalue weighted by molar-refractivity contribution is -0.132. The maximum absolute atomic E-state index is 13.9. The van der Waals surface area contributed by atoms with E-state index in [1.807, 2.05) is 6.92 Å². The normalized spacial score (nSPS) is 16.6. The van der Waals surface area contributed by atoms with Gasteiger partial charge in [-0.1, -0.05) is 42.9 Å². The fourth-order valence-electron chi connectivity index (χ4n) is 4.53. The standard InChI is InChI=1S/C30H27FN2O6S/c1-3-5-13-39-20-8-6-7-18(14-20)27(35)25-26(17-9-12-22(34)23(15-17)38-4-2)33(29(37)28(25)36)30-32-21-11-10-19(31)16-24(21)40-30/h6-12,14-16,26,34-35H,3-5,13H2,1-2H3. The predicted octanol–water partition coefficient (Wildman–Crippen LogP) is 6.34. The van der Waals surface area contributed by atoms with Gasteiger partial charge in [-0.05, 0) is 61.4 Å². The summed E-state index contributed by atoms with van der Waals surface area (Å²) in [5, 5.41) is 21.9. The molecule has 1 amide bonds. The molecule has 1 atom stereocenters. The number of nitrogens with zero attached hydrogens (tertiary/aromatic N) is 2. The third kappa shape index (κ3) is 5.10. The molecule has 0 aliphatic carbocycles. The highest BCUT2D eigenvalue weighted by atomic mass is 32.1. The van der Waals surface area contributed by atoms with Crippen molar-refractivity contribution in [2.75, 3.05) is 18.1 Å². The van der Waals surface area contributed by atoms with Crippen LogP contribution in [0.5, 0.6) is 17.2 Å². The average Bonchev–Trinajstić information content (AvgIpc) is 3.47. The van der Waals surface area contributed by atoms with E-state index < -0.39 is 23.5 Å². The number of thiazole rings is 1. The molecule has 1 aliphatic heterocycles. The van der Waals surface area contributed by atoms with Crippen molar-refractivity contribution < 1.29 is 33.7 Å². The molecule has 0 radical (unpaired) electrons. The molecule has 1 fully saturated rings. The molecule has 2 heterocycles. The van der Waals surface area contributed by atoms with E-state index in [9.17, 15) is 24.2 Å². The van der Waals surface area contributed by atoms with E-state index in [2.05, 4.69) is 4.98 Å². The molecule has 3 aromatic carbocycles.